The van der Waals surface area contributed by atoms with Gasteiger partial charge < -0.3 is 0 Å². The van der Waals surface area contributed by atoms with Gasteiger partial charge in [0.1, 0.15) is 0 Å². The third kappa shape index (κ3) is 3.25. The van der Waals surface area contributed by atoms with E-state index in [1.165, 1.54) is 0 Å². The van der Waals surface area contributed by atoms with Crippen molar-refractivity contribution >= 4 is 21.6 Å². The summed E-state index contributed by atoms with van der Waals surface area (Å²) < 4.78 is 27.1. The summed E-state index contributed by atoms with van der Waals surface area (Å²) >= 11 is 6.17. The second kappa shape index (κ2) is 5.59. The number of benzene rings is 1. The number of sulfonamides is 1. The van der Waals surface area contributed by atoms with Crippen molar-refractivity contribution in [1.82, 2.24) is 4.72 Å². The summed E-state index contributed by atoms with van der Waals surface area (Å²) in [7, 11) is -3.44. The summed E-state index contributed by atoms with van der Waals surface area (Å²) in [6.07, 6.45) is 3.81. The Morgan fingerprint density at radius 2 is 1.78 bits per heavy atom. The van der Waals surface area contributed by atoms with Gasteiger partial charge in [-0.15, -0.1) is 11.6 Å². The minimum Gasteiger partial charge on any atom is -0.207 e. The predicted octanol–water partition coefficient (Wildman–Crippen LogP) is 2.82. The molecule has 0 unspecified atom stereocenters. The molecule has 1 aromatic carbocycles. The lowest BCUT2D eigenvalue weighted by Gasteiger charge is -2.27. The van der Waals surface area contributed by atoms with Gasteiger partial charge in [-0.2, -0.15) is 0 Å². The average Bonchev–Trinajstić information content (AvgIpc) is 2.32. The molecule has 1 aliphatic rings. The molecule has 1 aromatic rings. The molecule has 100 valence electrons. The molecule has 1 fully saturated rings. The van der Waals surface area contributed by atoms with Crippen LogP contribution in [0.5, 0.6) is 0 Å². The Hall–Kier alpha value is -0.580. The quantitative estimate of drug-likeness (QED) is 0.869. The number of hydrogen-bond donors (Lipinski definition) is 1. The van der Waals surface area contributed by atoms with E-state index in [2.05, 4.69) is 4.72 Å². The SMILES string of the molecule is Cc1ccc(S(=O)(=O)N[C@H]2CCCC[C@H]2Cl)cc1. The summed E-state index contributed by atoms with van der Waals surface area (Å²) in [4.78, 5) is 0.308. The number of alkyl halides is 1. The first kappa shape index (κ1) is 13.8. The van der Waals surface area contributed by atoms with Crippen LogP contribution in [0, 0.1) is 6.92 Å². The van der Waals surface area contributed by atoms with Crippen LogP contribution in [0.25, 0.3) is 0 Å². The summed E-state index contributed by atoms with van der Waals surface area (Å²) in [5.74, 6) is 0. The van der Waals surface area contributed by atoms with Crippen LogP contribution in [0.2, 0.25) is 0 Å². The van der Waals surface area contributed by atoms with E-state index in [9.17, 15) is 8.42 Å². The molecular formula is C13H18ClNO2S. The molecule has 0 heterocycles. The average molecular weight is 288 g/mol. The lowest BCUT2D eigenvalue weighted by molar-refractivity contribution is 0.418. The number of rotatable bonds is 3. The Labute approximate surface area is 114 Å². The zero-order chi connectivity index (χ0) is 13.2. The molecule has 0 spiro atoms. The minimum atomic E-state index is -3.44. The summed E-state index contributed by atoms with van der Waals surface area (Å²) in [6, 6.07) is 6.71. The summed E-state index contributed by atoms with van der Waals surface area (Å²) in [6.45, 7) is 1.93. The normalized spacial score (nSPS) is 25.0. The first-order valence-electron chi connectivity index (χ1n) is 6.22. The van der Waals surface area contributed by atoms with Gasteiger partial charge in [-0.1, -0.05) is 30.5 Å². The molecule has 1 saturated carbocycles. The van der Waals surface area contributed by atoms with E-state index >= 15 is 0 Å². The van der Waals surface area contributed by atoms with Crippen molar-refractivity contribution in [2.75, 3.05) is 0 Å². The molecule has 0 aromatic heterocycles. The van der Waals surface area contributed by atoms with Crippen LogP contribution in [-0.2, 0) is 10.0 Å². The van der Waals surface area contributed by atoms with Crippen LogP contribution < -0.4 is 4.72 Å². The van der Waals surface area contributed by atoms with Crippen molar-refractivity contribution in [1.29, 1.82) is 0 Å². The highest BCUT2D eigenvalue weighted by molar-refractivity contribution is 7.89. The van der Waals surface area contributed by atoms with Crippen LogP contribution in [0.4, 0.5) is 0 Å². The Morgan fingerprint density at radius 1 is 1.17 bits per heavy atom. The maximum atomic E-state index is 12.2. The Balaban J connectivity index is 2.13. The van der Waals surface area contributed by atoms with Gasteiger partial charge >= 0.3 is 0 Å². The predicted molar refractivity (Wildman–Crippen MR) is 73.4 cm³/mol. The maximum absolute atomic E-state index is 12.2. The van der Waals surface area contributed by atoms with Gasteiger partial charge in [-0.3, -0.25) is 0 Å². The molecule has 5 heteroatoms. The minimum absolute atomic E-state index is 0.0982. The largest absolute Gasteiger partial charge is 0.240 e. The number of aryl methyl sites for hydroxylation is 1. The van der Waals surface area contributed by atoms with Crippen molar-refractivity contribution in [2.24, 2.45) is 0 Å². The third-order valence-corrected chi connectivity index (χ3v) is 5.35. The van der Waals surface area contributed by atoms with E-state index in [1.54, 1.807) is 24.3 Å². The monoisotopic (exact) mass is 287 g/mol. The Bertz CT molecular complexity index is 498. The topological polar surface area (TPSA) is 46.2 Å². The molecule has 0 saturated heterocycles. The standard InChI is InChI=1S/C13H18ClNO2S/c1-10-6-8-11(9-7-10)18(16,17)15-13-5-3-2-4-12(13)14/h6-9,12-13,15H,2-5H2,1H3/t12-,13+/m1/s1. The molecule has 0 bridgehead atoms. The van der Waals surface area contributed by atoms with Crippen molar-refractivity contribution in [3.63, 3.8) is 0 Å². The zero-order valence-corrected chi connectivity index (χ0v) is 12.0. The van der Waals surface area contributed by atoms with Crippen LogP contribution in [0.1, 0.15) is 31.2 Å². The molecule has 2 atom stereocenters. The Kier molecular flexibility index (Phi) is 4.30. The molecule has 0 radical (unpaired) electrons. The second-order valence-electron chi connectivity index (χ2n) is 4.84. The van der Waals surface area contributed by atoms with Crippen LogP contribution in [0.15, 0.2) is 29.2 Å². The van der Waals surface area contributed by atoms with Crippen molar-refractivity contribution in [3.05, 3.63) is 29.8 Å². The lowest BCUT2D eigenvalue weighted by atomic mass is 9.96. The number of halogens is 1. The van der Waals surface area contributed by atoms with Gasteiger partial charge in [0.15, 0.2) is 0 Å². The van der Waals surface area contributed by atoms with E-state index in [-0.39, 0.29) is 11.4 Å². The highest BCUT2D eigenvalue weighted by atomic mass is 35.5. The molecule has 2 rings (SSSR count). The fourth-order valence-electron chi connectivity index (χ4n) is 2.20. The molecular weight excluding hydrogens is 270 g/mol. The Morgan fingerprint density at radius 3 is 2.39 bits per heavy atom. The zero-order valence-electron chi connectivity index (χ0n) is 10.4. The van der Waals surface area contributed by atoms with E-state index in [4.69, 9.17) is 11.6 Å². The van der Waals surface area contributed by atoms with Gasteiger partial charge in [0, 0.05) is 11.4 Å². The first-order chi connectivity index (χ1) is 8.49. The molecule has 18 heavy (non-hydrogen) atoms. The van der Waals surface area contributed by atoms with Gasteiger partial charge in [0.2, 0.25) is 10.0 Å². The fourth-order valence-corrected chi connectivity index (χ4v) is 3.93. The van der Waals surface area contributed by atoms with Gasteiger partial charge in [-0.25, -0.2) is 13.1 Å². The van der Waals surface area contributed by atoms with E-state index < -0.39 is 10.0 Å². The van der Waals surface area contributed by atoms with E-state index in [0.29, 0.717) is 4.90 Å². The van der Waals surface area contributed by atoms with Crippen molar-refractivity contribution in [3.8, 4) is 0 Å². The highest BCUT2D eigenvalue weighted by Crippen LogP contribution is 2.24. The lowest BCUT2D eigenvalue weighted by Crippen LogP contribution is -2.42. The molecule has 0 aliphatic heterocycles. The smallest absolute Gasteiger partial charge is 0.207 e. The highest BCUT2D eigenvalue weighted by Gasteiger charge is 2.27. The van der Waals surface area contributed by atoms with E-state index in [1.807, 2.05) is 6.92 Å². The molecule has 0 amide bonds. The van der Waals surface area contributed by atoms with Gasteiger partial charge in [0.25, 0.3) is 0 Å². The van der Waals surface area contributed by atoms with Crippen molar-refractivity contribution < 1.29 is 8.42 Å². The van der Waals surface area contributed by atoms with Gasteiger partial charge in [-0.05, 0) is 31.9 Å². The number of hydrogen-bond acceptors (Lipinski definition) is 2. The fraction of sp³-hybridized carbons (Fsp3) is 0.538. The molecule has 1 N–H and O–H groups in total. The van der Waals surface area contributed by atoms with Crippen LogP contribution in [0.3, 0.4) is 0 Å². The molecule has 3 nitrogen and oxygen atoms in total. The maximum Gasteiger partial charge on any atom is 0.240 e. The second-order valence-corrected chi connectivity index (χ2v) is 7.12. The van der Waals surface area contributed by atoms with Crippen LogP contribution in [-0.4, -0.2) is 19.8 Å². The van der Waals surface area contributed by atoms with Gasteiger partial charge in [0.05, 0.1) is 4.90 Å². The number of nitrogens with one attached hydrogen (secondary N) is 1. The molecule has 1 aliphatic carbocycles. The van der Waals surface area contributed by atoms with Crippen LogP contribution >= 0.6 is 11.6 Å². The summed E-state index contributed by atoms with van der Waals surface area (Å²) in [5.41, 5.74) is 1.04. The van der Waals surface area contributed by atoms with E-state index in [0.717, 1.165) is 31.2 Å². The third-order valence-electron chi connectivity index (χ3n) is 3.32. The van der Waals surface area contributed by atoms with Crippen molar-refractivity contribution in [2.45, 2.75) is 48.9 Å². The first-order valence-corrected chi connectivity index (χ1v) is 8.14. The summed E-state index contributed by atoms with van der Waals surface area (Å²) in [5, 5.41) is -0.0982.